The Kier molecular flexibility index (Phi) is 3.45. The molecule has 0 amide bonds. The minimum Gasteiger partial charge on any atom is -0.292 e. The largest absolute Gasteiger partial charge is 0.292 e. The van der Waals surface area contributed by atoms with Gasteiger partial charge in [0.05, 0.1) is 4.92 Å². The van der Waals surface area contributed by atoms with Crippen molar-refractivity contribution in [3.63, 3.8) is 0 Å². The lowest BCUT2D eigenvalue weighted by atomic mass is 10.2. The van der Waals surface area contributed by atoms with Crippen LogP contribution in [0, 0.1) is 16.0 Å². The minimum atomic E-state index is -0.408. The van der Waals surface area contributed by atoms with Crippen LogP contribution in [0.5, 0.6) is 0 Å². The van der Waals surface area contributed by atoms with Crippen molar-refractivity contribution in [1.29, 1.82) is 0 Å². The van der Waals surface area contributed by atoms with Crippen molar-refractivity contribution < 1.29 is 4.92 Å². The van der Waals surface area contributed by atoms with Crippen LogP contribution in [-0.4, -0.2) is 17.7 Å². The Morgan fingerprint density at radius 1 is 1.24 bits per heavy atom. The molecule has 0 fully saturated rings. The Hall–Kier alpha value is -2.23. The van der Waals surface area contributed by atoms with Gasteiger partial charge in [0.15, 0.2) is 0 Å². The fraction of sp³-hybridized carbons (Fsp3) is 0.154. The van der Waals surface area contributed by atoms with Crippen LogP contribution in [-0.2, 0) is 0 Å². The molecule has 0 N–H and O–H groups in total. The van der Waals surface area contributed by atoms with Crippen LogP contribution in [0.2, 0.25) is 0 Å². The second-order valence-electron chi connectivity index (χ2n) is 3.78. The molecule has 4 heteroatoms. The van der Waals surface area contributed by atoms with E-state index in [1.165, 1.54) is 12.1 Å². The van der Waals surface area contributed by atoms with Crippen LogP contribution in [0.1, 0.15) is 5.56 Å². The zero-order valence-corrected chi connectivity index (χ0v) is 9.19. The Bertz CT molecular complexity index is 475. The molecule has 4 nitrogen and oxygen atoms in total. The van der Waals surface area contributed by atoms with Crippen molar-refractivity contribution in [1.82, 2.24) is 0 Å². The highest BCUT2D eigenvalue weighted by Gasteiger charge is 2.03. The van der Waals surface area contributed by atoms with E-state index in [0.29, 0.717) is 12.5 Å². The third-order valence-corrected chi connectivity index (χ3v) is 2.49. The summed E-state index contributed by atoms with van der Waals surface area (Å²) in [5.41, 5.74) is 0.977. The number of benzene rings is 1. The predicted octanol–water partition coefficient (Wildman–Crippen LogP) is 2.76. The molecular weight excluding hydrogens is 216 g/mol. The normalized spacial score (nSPS) is 14.8. The molecule has 0 aliphatic heterocycles. The minimum absolute atomic E-state index is 0.101. The summed E-state index contributed by atoms with van der Waals surface area (Å²) in [7, 11) is 0. The first-order valence-corrected chi connectivity index (χ1v) is 5.35. The Balaban J connectivity index is 1.94. The number of nitro benzene ring substituents is 1. The summed E-state index contributed by atoms with van der Waals surface area (Å²) in [6.07, 6.45) is 9.93. The fourth-order valence-corrected chi connectivity index (χ4v) is 1.56. The lowest BCUT2D eigenvalue weighted by Crippen LogP contribution is -1.95. The molecule has 0 unspecified atom stereocenters. The van der Waals surface area contributed by atoms with Gasteiger partial charge in [0, 0.05) is 30.8 Å². The van der Waals surface area contributed by atoms with Gasteiger partial charge < -0.3 is 0 Å². The zero-order valence-electron chi connectivity index (χ0n) is 9.19. The van der Waals surface area contributed by atoms with Crippen LogP contribution in [0.4, 0.5) is 5.69 Å². The highest BCUT2D eigenvalue weighted by molar-refractivity contribution is 5.79. The lowest BCUT2D eigenvalue weighted by molar-refractivity contribution is -0.384. The molecule has 17 heavy (non-hydrogen) atoms. The highest BCUT2D eigenvalue weighted by atomic mass is 16.6. The standard InChI is InChI=1S/C13H12N2O2/c16-15(17)13-7-5-12(6-8-13)10-14-9-11-3-1-2-4-11/h1-8,10-11H,9H2. The van der Waals surface area contributed by atoms with Crippen LogP contribution < -0.4 is 0 Å². The average molecular weight is 228 g/mol. The molecule has 2 rings (SSSR count). The smallest absolute Gasteiger partial charge is 0.269 e. The summed E-state index contributed by atoms with van der Waals surface area (Å²) in [5, 5.41) is 10.5. The Labute approximate surface area is 99.1 Å². The van der Waals surface area contributed by atoms with Gasteiger partial charge in [0.1, 0.15) is 0 Å². The molecule has 0 saturated heterocycles. The van der Waals surface area contributed by atoms with Gasteiger partial charge in [-0.25, -0.2) is 0 Å². The maximum atomic E-state index is 10.5. The van der Waals surface area contributed by atoms with E-state index in [0.717, 1.165) is 5.56 Å². The van der Waals surface area contributed by atoms with Crippen molar-refractivity contribution in [2.24, 2.45) is 10.9 Å². The van der Waals surface area contributed by atoms with Gasteiger partial charge in [-0.05, 0) is 17.7 Å². The van der Waals surface area contributed by atoms with Gasteiger partial charge in [-0.3, -0.25) is 15.1 Å². The van der Waals surface area contributed by atoms with E-state index in [1.807, 2.05) is 12.2 Å². The molecular formula is C13H12N2O2. The van der Waals surface area contributed by atoms with E-state index in [4.69, 9.17) is 0 Å². The van der Waals surface area contributed by atoms with E-state index in [1.54, 1.807) is 18.3 Å². The first-order valence-electron chi connectivity index (χ1n) is 5.35. The van der Waals surface area contributed by atoms with Crippen molar-refractivity contribution in [3.8, 4) is 0 Å². The molecule has 1 aliphatic carbocycles. The number of nitro groups is 1. The maximum absolute atomic E-state index is 10.5. The maximum Gasteiger partial charge on any atom is 0.269 e. The molecule has 0 saturated carbocycles. The molecule has 1 aromatic rings. The van der Waals surface area contributed by atoms with Crippen LogP contribution >= 0.6 is 0 Å². The first-order chi connectivity index (χ1) is 8.25. The highest BCUT2D eigenvalue weighted by Crippen LogP contribution is 2.11. The van der Waals surface area contributed by atoms with Gasteiger partial charge in [-0.2, -0.15) is 0 Å². The fourth-order valence-electron chi connectivity index (χ4n) is 1.56. The number of hydrogen-bond donors (Lipinski definition) is 0. The van der Waals surface area contributed by atoms with Gasteiger partial charge in [0.2, 0.25) is 0 Å². The molecule has 0 aromatic heterocycles. The van der Waals surface area contributed by atoms with E-state index in [2.05, 4.69) is 17.1 Å². The molecule has 1 aromatic carbocycles. The molecule has 86 valence electrons. The van der Waals surface area contributed by atoms with E-state index in [-0.39, 0.29) is 5.69 Å². The van der Waals surface area contributed by atoms with Crippen molar-refractivity contribution in [3.05, 3.63) is 64.2 Å². The average Bonchev–Trinajstić information content (AvgIpc) is 2.83. The lowest BCUT2D eigenvalue weighted by Gasteiger charge is -1.98. The Morgan fingerprint density at radius 2 is 1.88 bits per heavy atom. The number of aliphatic imine (C=N–C) groups is 1. The van der Waals surface area contributed by atoms with Crippen LogP contribution in [0.15, 0.2) is 53.6 Å². The summed E-state index contributed by atoms with van der Waals surface area (Å²) >= 11 is 0. The van der Waals surface area contributed by atoms with Gasteiger partial charge in [0.25, 0.3) is 5.69 Å². The van der Waals surface area contributed by atoms with E-state index >= 15 is 0 Å². The number of non-ortho nitro benzene ring substituents is 1. The van der Waals surface area contributed by atoms with Gasteiger partial charge in [-0.1, -0.05) is 24.3 Å². The van der Waals surface area contributed by atoms with Crippen molar-refractivity contribution >= 4 is 11.9 Å². The number of rotatable bonds is 4. The SMILES string of the molecule is O=[N+]([O-])c1ccc(C=NCC2C=CC=C2)cc1. The zero-order chi connectivity index (χ0) is 12.1. The van der Waals surface area contributed by atoms with Crippen molar-refractivity contribution in [2.45, 2.75) is 0 Å². The number of hydrogen-bond acceptors (Lipinski definition) is 3. The second-order valence-corrected chi connectivity index (χ2v) is 3.78. The van der Waals surface area contributed by atoms with E-state index in [9.17, 15) is 10.1 Å². The number of allylic oxidation sites excluding steroid dienone is 2. The van der Waals surface area contributed by atoms with Gasteiger partial charge >= 0.3 is 0 Å². The monoisotopic (exact) mass is 228 g/mol. The summed E-state index contributed by atoms with van der Waals surface area (Å²) in [4.78, 5) is 14.4. The van der Waals surface area contributed by atoms with Crippen molar-refractivity contribution in [2.75, 3.05) is 6.54 Å². The van der Waals surface area contributed by atoms with E-state index < -0.39 is 4.92 Å². The molecule has 0 heterocycles. The first kappa shape index (κ1) is 11.3. The number of nitrogens with zero attached hydrogens (tertiary/aromatic N) is 2. The molecule has 0 atom stereocenters. The molecule has 1 aliphatic rings. The summed E-state index contributed by atoms with van der Waals surface area (Å²) in [6, 6.07) is 6.36. The third kappa shape index (κ3) is 3.11. The predicted molar refractivity (Wildman–Crippen MR) is 67.3 cm³/mol. The Morgan fingerprint density at radius 3 is 2.47 bits per heavy atom. The topological polar surface area (TPSA) is 55.5 Å². The third-order valence-electron chi connectivity index (χ3n) is 2.49. The summed E-state index contributed by atoms with van der Waals surface area (Å²) in [5.74, 6) is 0.379. The molecule has 0 spiro atoms. The quantitative estimate of drug-likeness (QED) is 0.452. The second kappa shape index (κ2) is 5.21. The molecule has 0 bridgehead atoms. The summed E-state index contributed by atoms with van der Waals surface area (Å²) in [6.45, 7) is 0.712. The van der Waals surface area contributed by atoms with Crippen LogP contribution in [0.25, 0.3) is 0 Å². The van der Waals surface area contributed by atoms with Crippen LogP contribution in [0.3, 0.4) is 0 Å². The molecule has 0 radical (unpaired) electrons. The van der Waals surface area contributed by atoms with Gasteiger partial charge in [-0.15, -0.1) is 0 Å². The summed E-state index contributed by atoms with van der Waals surface area (Å²) < 4.78 is 0.